The standard InChI is InChI=1S/C18H19F6N9/c1-3-25-14-12(17(19,20)21)6-26-16(30-14)29-13-7-28-33(9(13)2)11-4-10(5-11)32-8-27-15(31-32)18(22,23)24/h6-8,10-11H,3-5H2,1-2H3,(H2,25,26,29,30). The highest BCUT2D eigenvalue weighted by Crippen LogP contribution is 2.42. The van der Waals surface area contributed by atoms with Crippen molar-refractivity contribution in [3.8, 4) is 0 Å². The summed E-state index contributed by atoms with van der Waals surface area (Å²) in [6, 6.07) is -0.311. The van der Waals surface area contributed by atoms with Crippen molar-refractivity contribution < 1.29 is 26.3 Å². The first-order chi connectivity index (χ1) is 15.5. The second-order valence-corrected chi connectivity index (χ2v) is 7.52. The molecule has 0 unspecified atom stereocenters. The summed E-state index contributed by atoms with van der Waals surface area (Å²) < 4.78 is 80.3. The minimum absolute atomic E-state index is 0.0321. The van der Waals surface area contributed by atoms with Crippen molar-refractivity contribution in [3.05, 3.63) is 35.8 Å². The zero-order valence-electron chi connectivity index (χ0n) is 17.4. The van der Waals surface area contributed by atoms with Gasteiger partial charge in [0, 0.05) is 12.7 Å². The molecule has 33 heavy (non-hydrogen) atoms. The number of nitrogens with zero attached hydrogens (tertiary/aromatic N) is 7. The van der Waals surface area contributed by atoms with Crippen LogP contribution >= 0.6 is 0 Å². The number of hydrogen-bond acceptors (Lipinski definition) is 7. The van der Waals surface area contributed by atoms with Crippen LogP contribution in [0, 0.1) is 6.92 Å². The zero-order chi connectivity index (χ0) is 24.0. The number of aromatic nitrogens is 7. The molecule has 9 nitrogen and oxygen atoms in total. The van der Waals surface area contributed by atoms with Crippen molar-refractivity contribution >= 4 is 17.5 Å². The third kappa shape index (κ3) is 4.57. The summed E-state index contributed by atoms with van der Waals surface area (Å²) in [6.07, 6.45) is -4.92. The molecule has 0 bridgehead atoms. The summed E-state index contributed by atoms with van der Waals surface area (Å²) in [5, 5.41) is 13.2. The van der Waals surface area contributed by atoms with Crippen molar-refractivity contribution in [1.82, 2.24) is 34.5 Å². The number of nitrogens with one attached hydrogen (secondary N) is 2. The van der Waals surface area contributed by atoms with Gasteiger partial charge in [0.15, 0.2) is 0 Å². The molecule has 0 aromatic carbocycles. The third-order valence-electron chi connectivity index (χ3n) is 5.30. The lowest BCUT2D eigenvalue weighted by molar-refractivity contribution is -0.145. The summed E-state index contributed by atoms with van der Waals surface area (Å²) in [4.78, 5) is 11.0. The van der Waals surface area contributed by atoms with Crippen LogP contribution in [0.3, 0.4) is 0 Å². The molecule has 0 spiro atoms. The van der Waals surface area contributed by atoms with Gasteiger partial charge in [-0.2, -0.15) is 36.4 Å². The lowest BCUT2D eigenvalue weighted by Gasteiger charge is -2.35. The Morgan fingerprint density at radius 2 is 1.76 bits per heavy atom. The fourth-order valence-electron chi connectivity index (χ4n) is 3.54. The van der Waals surface area contributed by atoms with Gasteiger partial charge in [-0.25, -0.2) is 14.6 Å². The van der Waals surface area contributed by atoms with E-state index in [-0.39, 0.29) is 30.4 Å². The van der Waals surface area contributed by atoms with E-state index in [0.29, 0.717) is 30.4 Å². The summed E-state index contributed by atoms with van der Waals surface area (Å²) in [5.41, 5.74) is 0.215. The third-order valence-corrected chi connectivity index (χ3v) is 5.30. The van der Waals surface area contributed by atoms with Crippen molar-refractivity contribution in [2.45, 2.75) is 51.1 Å². The molecular formula is C18H19F6N9. The molecule has 1 aliphatic rings. The molecule has 2 N–H and O–H groups in total. The van der Waals surface area contributed by atoms with Crippen molar-refractivity contribution in [1.29, 1.82) is 0 Å². The molecule has 0 aliphatic heterocycles. The van der Waals surface area contributed by atoms with E-state index >= 15 is 0 Å². The number of alkyl halides is 6. The topological polar surface area (TPSA) is 98.4 Å². The van der Waals surface area contributed by atoms with E-state index in [1.54, 1.807) is 18.5 Å². The molecule has 1 saturated carbocycles. The van der Waals surface area contributed by atoms with E-state index in [0.717, 1.165) is 6.33 Å². The van der Waals surface area contributed by atoms with Crippen LogP contribution in [0.5, 0.6) is 0 Å². The molecule has 0 saturated heterocycles. The van der Waals surface area contributed by atoms with Gasteiger partial charge in [-0.15, -0.1) is 5.10 Å². The molecule has 0 atom stereocenters. The number of halogens is 6. The van der Waals surface area contributed by atoms with E-state index in [1.807, 2.05) is 0 Å². The highest BCUT2D eigenvalue weighted by molar-refractivity contribution is 5.58. The van der Waals surface area contributed by atoms with E-state index in [1.165, 1.54) is 10.9 Å². The summed E-state index contributed by atoms with van der Waals surface area (Å²) >= 11 is 0. The van der Waals surface area contributed by atoms with Gasteiger partial charge < -0.3 is 10.6 Å². The van der Waals surface area contributed by atoms with Crippen molar-refractivity contribution in [2.75, 3.05) is 17.2 Å². The Bertz CT molecular complexity index is 1130. The highest BCUT2D eigenvalue weighted by atomic mass is 19.4. The Morgan fingerprint density at radius 1 is 1.03 bits per heavy atom. The maximum atomic E-state index is 13.1. The van der Waals surface area contributed by atoms with Gasteiger partial charge in [-0.05, 0) is 26.7 Å². The Balaban J connectivity index is 1.45. The number of rotatable bonds is 6. The summed E-state index contributed by atoms with van der Waals surface area (Å²) in [6.45, 7) is 3.66. The maximum absolute atomic E-state index is 13.1. The van der Waals surface area contributed by atoms with Crippen molar-refractivity contribution in [3.63, 3.8) is 0 Å². The first-order valence-corrected chi connectivity index (χ1v) is 9.95. The lowest BCUT2D eigenvalue weighted by Crippen LogP contribution is -2.31. The van der Waals surface area contributed by atoms with Gasteiger partial charge in [0.2, 0.25) is 5.95 Å². The molecule has 0 radical (unpaired) electrons. The van der Waals surface area contributed by atoms with Crippen LogP contribution < -0.4 is 10.6 Å². The normalized spacial score (nSPS) is 18.8. The molecule has 4 rings (SSSR count). The molecule has 1 aliphatic carbocycles. The molecule has 0 amide bonds. The van der Waals surface area contributed by atoms with E-state index in [9.17, 15) is 26.3 Å². The van der Waals surface area contributed by atoms with Crippen LogP contribution in [0.4, 0.5) is 43.8 Å². The van der Waals surface area contributed by atoms with E-state index in [4.69, 9.17) is 0 Å². The van der Waals surface area contributed by atoms with Crippen LogP contribution in [-0.4, -0.2) is 41.1 Å². The van der Waals surface area contributed by atoms with Gasteiger partial charge in [-0.1, -0.05) is 0 Å². The zero-order valence-corrected chi connectivity index (χ0v) is 17.4. The minimum Gasteiger partial charge on any atom is -0.370 e. The van der Waals surface area contributed by atoms with Gasteiger partial charge in [-0.3, -0.25) is 4.68 Å². The smallest absolute Gasteiger partial charge is 0.370 e. The summed E-state index contributed by atoms with van der Waals surface area (Å²) in [7, 11) is 0. The minimum atomic E-state index is -4.60. The Kier molecular flexibility index (Phi) is 5.66. The van der Waals surface area contributed by atoms with Crippen LogP contribution in [-0.2, 0) is 12.4 Å². The number of hydrogen-bond donors (Lipinski definition) is 2. The fourth-order valence-corrected chi connectivity index (χ4v) is 3.54. The van der Waals surface area contributed by atoms with Crippen LogP contribution in [0.2, 0.25) is 0 Å². The Morgan fingerprint density at radius 3 is 2.36 bits per heavy atom. The van der Waals surface area contributed by atoms with E-state index in [2.05, 4.69) is 35.8 Å². The molecule has 1 fully saturated rings. The quantitative estimate of drug-likeness (QED) is 0.511. The van der Waals surface area contributed by atoms with Crippen LogP contribution in [0.25, 0.3) is 0 Å². The Labute approximate surface area is 183 Å². The maximum Gasteiger partial charge on any atom is 0.453 e. The highest BCUT2D eigenvalue weighted by Gasteiger charge is 2.39. The van der Waals surface area contributed by atoms with Gasteiger partial charge >= 0.3 is 12.4 Å². The van der Waals surface area contributed by atoms with Crippen LogP contribution in [0.1, 0.15) is 48.9 Å². The van der Waals surface area contributed by atoms with E-state index < -0.39 is 23.7 Å². The van der Waals surface area contributed by atoms with Gasteiger partial charge in [0.05, 0.1) is 29.7 Å². The van der Waals surface area contributed by atoms with Gasteiger partial charge in [0.25, 0.3) is 5.82 Å². The molecule has 178 valence electrons. The molecule has 3 aromatic rings. The lowest BCUT2D eigenvalue weighted by atomic mass is 9.87. The predicted molar refractivity (Wildman–Crippen MR) is 104 cm³/mol. The largest absolute Gasteiger partial charge is 0.453 e. The van der Waals surface area contributed by atoms with Crippen molar-refractivity contribution in [2.24, 2.45) is 0 Å². The SMILES string of the molecule is CCNc1nc(Nc2cnn(C3CC(n4cnc(C(F)(F)F)n4)C3)c2C)ncc1C(F)(F)F. The molecule has 15 heteroatoms. The predicted octanol–water partition coefficient (Wildman–Crippen LogP) is 4.36. The van der Waals surface area contributed by atoms with Crippen LogP contribution in [0.15, 0.2) is 18.7 Å². The second-order valence-electron chi connectivity index (χ2n) is 7.52. The first kappa shape index (κ1) is 22.8. The second kappa shape index (κ2) is 8.19. The average molecular weight is 475 g/mol. The first-order valence-electron chi connectivity index (χ1n) is 9.95. The number of anilines is 3. The average Bonchev–Trinajstić information content (AvgIpc) is 3.29. The molecular weight excluding hydrogens is 456 g/mol. The Hall–Kier alpha value is -3.39. The summed E-state index contributed by atoms with van der Waals surface area (Å²) in [5.74, 6) is -1.54. The molecule has 3 heterocycles. The van der Waals surface area contributed by atoms with Gasteiger partial charge in [0.1, 0.15) is 17.7 Å². The molecule has 3 aromatic heterocycles. The monoisotopic (exact) mass is 475 g/mol. The fraction of sp³-hybridized carbons (Fsp3) is 0.500.